The molecule has 3 aromatic rings. The first-order chi connectivity index (χ1) is 16.5. The number of benzene rings is 3. The molecule has 7 heteroatoms. The van der Waals surface area contributed by atoms with Gasteiger partial charge in [-0.25, -0.2) is 4.79 Å². The third kappa shape index (κ3) is 5.38. The monoisotopic (exact) mass is 459 g/mol. The van der Waals surface area contributed by atoms with Crippen molar-refractivity contribution in [3.63, 3.8) is 0 Å². The van der Waals surface area contributed by atoms with E-state index in [1.165, 1.54) is 0 Å². The zero-order valence-corrected chi connectivity index (χ0v) is 18.9. The minimum atomic E-state index is -0.994. The first kappa shape index (κ1) is 22.9. The predicted molar refractivity (Wildman–Crippen MR) is 127 cm³/mol. The van der Waals surface area contributed by atoms with Crippen LogP contribution >= 0.6 is 0 Å². The Bertz CT molecular complexity index is 1200. The highest BCUT2D eigenvalue weighted by Gasteiger charge is 2.22. The Morgan fingerprint density at radius 1 is 1.00 bits per heavy atom. The molecule has 0 fully saturated rings. The van der Waals surface area contributed by atoms with Crippen LogP contribution in [0.5, 0.6) is 17.2 Å². The smallest absolute Gasteiger partial charge is 0.339 e. The molecule has 0 radical (unpaired) electrons. The van der Waals surface area contributed by atoms with Crippen LogP contribution in [-0.4, -0.2) is 31.9 Å². The summed E-state index contributed by atoms with van der Waals surface area (Å²) in [5.41, 5.74) is 2.56. The van der Waals surface area contributed by atoms with Gasteiger partial charge in [-0.15, -0.1) is 0 Å². The number of hydrogen-bond acceptors (Lipinski definition) is 6. The molecule has 1 N–H and O–H groups in total. The van der Waals surface area contributed by atoms with Gasteiger partial charge in [-0.1, -0.05) is 54.6 Å². The Morgan fingerprint density at radius 3 is 2.53 bits per heavy atom. The maximum absolute atomic E-state index is 13.1. The lowest BCUT2D eigenvalue weighted by molar-refractivity contribution is -0.149. The number of rotatable bonds is 8. The van der Waals surface area contributed by atoms with E-state index in [4.69, 9.17) is 18.9 Å². The first-order valence-electron chi connectivity index (χ1n) is 10.8. The summed E-state index contributed by atoms with van der Waals surface area (Å²) in [7, 11) is 1.57. The molecule has 0 bridgehead atoms. The molecule has 0 spiro atoms. The quantitative estimate of drug-likeness (QED) is 0.309. The van der Waals surface area contributed by atoms with Crippen LogP contribution in [0.2, 0.25) is 0 Å². The van der Waals surface area contributed by atoms with Crippen molar-refractivity contribution in [1.29, 1.82) is 0 Å². The zero-order chi connectivity index (χ0) is 23.9. The van der Waals surface area contributed by atoms with Gasteiger partial charge in [-0.2, -0.15) is 0 Å². The Labute approximate surface area is 197 Å². The largest absolute Gasteiger partial charge is 0.496 e. The van der Waals surface area contributed by atoms with Crippen LogP contribution < -0.4 is 19.5 Å². The number of methoxy groups -OCH3 is 1. The second-order valence-electron chi connectivity index (χ2n) is 7.62. The van der Waals surface area contributed by atoms with Crippen molar-refractivity contribution in [3.05, 3.63) is 89.5 Å². The summed E-state index contributed by atoms with van der Waals surface area (Å²) in [6.45, 7) is 1.99. The Balaban J connectivity index is 1.46. The molecule has 34 heavy (non-hydrogen) atoms. The van der Waals surface area contributed by atoms with E-state index in [9.17, 15) is 9.59 Å². The average molecular weight is 459 g/mol. The van der Waals surface area contributed by atoms with E-state index in [0.717, 1.165) is 11.1 Å². The minimum absolute atomic E-state index is 0.185. The SMILES string of the molecule is COc1ccccc1/C=C(/C(=O)O[C@H](C)C(=O)NCc1ccc2c(c1)OCO2)c1ccccc1. The second-order valence-corrected chi connectivity index (χ2v) is 7.62. The van der Waals surface area contributed by atoms with Gasteiger partial charge in [0, 0.05) is 12.1 Å². The molecule has 1 heterocycles. The van der Waals surface area contributed by atoms with Crippen molar-refractivity contribution >= 4 is 23.5 Å². The molecule has 0 aromatic heterocycles. The van der Waals surface area contributed by atoms with Crippen molar-refractivity contribution in [3.8, 4) is 17.2 Å². The number of carbonyl (C=O) groups is 2. The number of nitrogens with one attached hydrogen (secondary N) is 1. The molecule has 4 rings (SSSR count). The number of carbonyl (C=O) groups excluding carboxylic acids is 2. The fourth-order valence-electron chi connectivity index (χ4n) is 3.48. The van der Waals surface area contributed by atoms with Crippen molar-refractivity contribution in [1.82, 2.24) is 5.32 Å². The normalized spacial score (nSPS) is 13.2. The van der Waals surface area contributed by atoms with E-state index < -0.39 is 18.0 Å². The number of ether oxygens (including phenoxy) is 4. The van der Waals surface area contributed by atoms with Crippen LogP contribution in [0.25, 0.3) is 11.6 Å². The molecule has 3 aromatic carbocycles. The van der Waals surface area contributed by atoms with Crippen LogP contribution in [-0.2, 0) is 20.9 Å². The lowest BCUT2D eigenvalue weighted by Gasteiger charge is -2.16. The van der Waals surface area contributed by atoms with Crippen LogP contribution in [0.1, 0.15) is 23.6 Å². The van der Waals surface area contributed by atoms with E-state index in [0.29, 0.717) is 28.4 Å². The summed E-state index contributed by atoms with van der Waals surface area (Å²) in [5, 5.41) is 2.79. The summed E-state index contributed by atoms with van der Waals surface area (Å²) in [6, 6.07) is 22.0. The lowest BCUT2D eigenvalue weighted by Crippen LogP contribution is -2.35. The summed E-state index contributed by atoms with van der Waals surface area (Å²) in [6.07, 6.45) is 0.708. The lowest BCUT2D eigenvalue weighted by atomic mass is 10.0. The third-order valence-corrected chi connectivity index (χ3v) is 5.30. The molecular formula is C27H25NO6. The maximum atomic E-state index is 13.1. The van der Waals surface area contributed by atoms with E-state index in [-0.39, 0.29) is 13.3 Å². The molecule has 1 aliphatic heterocycles. The Hall–Kier alpha value is -4.26. The highest BCUT2D eigenvalue weighted by Crippen LogP contribution is 2.32. The van der Waals surface area contributed by atoms with E-state index in [1.807, 2.05) is 66.7 Å². The molecule has 1 aliphatic rings. The van der Waals surface area contributed by atoms with Crippen molar-refractivity contribution < 1.29 is 28.5 Å². The van der Waals surface area contributed by atoms with Gasteiger partial charge in [-0.3, -0.25) is 4.79 Å². The molecule has 0 saturated carbocycles. The van der Waals surface area contributed by atoms with Gasteiger partial charge < -0.3 is 24.3 Å². The fourth-order valence-corrected chi connectivity index (χ4v) is 3.48. The number of amides is 1. The van der Waals surface area contributed by atoms with Crippen molar-refractivity contribution in [2.45, 2.75) is 19.6 Å². The van der Waals surface area contributed by atoms with Gasteiger partial charge in [0.25, 0.3) is 5.91 Å². The van der Waals surface area contributed by atoms with Gasteiger partial charge in [0.1, 0.15) is 5.75 Å². The standard InChI is InChI=1S/C27H25NO6/c1-18(26(29)28-16-19-12-13-24-25(14-19)33-17-32-24)34-27(30)22(20-8-4-3-5-9-20)15-21-10-6-7-11-23(21)31-2/h3-15,18H,16-17H2,1-2H3,(H,28,29)/b22-15+/t18-/m1/s1. The van der Waals surface area contributed by atoms with Crippen LogP contribution in [0.15, 0.2) is 72.8 Å². The number of para-hydroxylation sites is 1. The van der Waals surface area contributed by atoms with Crippen LogP contribution in [0.4, 0.5) is 0 Å². The molecule has 174 valence electrons. The molecule has 1 amide bonds. The zero-order valence-electron chi connectivity index (χ0n) is 18.9. The van der Waals surface area contributed by atoms with Gasteiger partial charge >= 0.3 is 5.97 Å². The summed E-state index contributed by atoms with van der Waals surface area (Å²) >= 11 is 0. The molecule has 1 atom stereocenters. The van der Waals surface area contributed by atoms with E-state index in [1.54, 1.807) is 26.2 Å². The molecule has 7 nitrogen and oxygen atoms in total. The maximum Gasteiger partial charge on any atom is 0.339 e. The van der Waals surface area contributed by atoms with Crippen LogP contribution in [0.3, 0.4) is 0 Å². The predicted octanol–water partition coefficient (Wildman–Crippen LogP) is 4.21. The van der Waals surface area contributed by atoms with Gasteiger partial charge in [0.2, 0.25) is 6.79 Å². The highest BCUT2D eigenvalue weighted by atomic mass is 16.7. The molecule has 0 saturated heterocycles. The Kier molecular flexibility index (Phi) is 7.13. The van der Waals surface area contributed by atoms with Gasteiger partial charge in [0.05, 0.1) is 12.7 Å². The third-order valence-electron chi connectivity index (χ3n) is 5.30. The number of esters is 1. The second kappa shape index (κ2) is 10.6. The minimum Gasteiger partial charge on any atom is -0.496 e. The molecule has 0 aliphatic carbocycles. The number of hydrogen-bond donors (Lipinski definition) is 1. The summed E-state index contributed by atoms with van der Waals surface area (Å²) in [5.74, 6) is 0.921. The van der Waals surface area contributed by atoms with E-state index >= 15 is 0 Å². The topological polar surface area (TPSA) is 83.1 Å². The van der Waals surface area contributed by atoms with Crippen molar-refractivity contribution in [2.75, 3.05) is 13.9 Å². The molecular weight excluding hydrogens is 434 g/mol. The summed E-state index contributed by atoms with van der Waals surface area (Å²) < 4.78 is 21.6. The number of fused-ring (bicyclic) bond motifs is 1. The average Bonchev–Trinajstić information content (AvgIpc) is 3.34. The highest BCUT2D eigenvalue weighted by molar-refractivity contribution is 6.22. The molecule has 0 unspecified atom stereocenters. The first-order valence-corrected chi connectivity index (χ1v) is 10.8. The van der Waals surface area contributed by atoms with E-state index in [2.05, 4.69) is 5.32 Å². The van der Waals surface area contributed by atoms with Gasteiger partial charge in [-0.05, 0) is 42.3 Å². The van der Waals surface area contributed by atoms with Crippen LogP contribution in [0, 0.1) is 0 Å². The fraction of sp³-hybridized carbons (Fsp3) is 0.185. The van der Waals surface area contributed by atoms with Gasteiger partial charge in [0.15, 0.2) is 17.6 Å². The Morgan fingerprint density at radius 2 is 1.74 bits per heavy atom. The van der Waals surface area contributed by atoms with Crippen molar-refractivity contribution in [2.24, 2.45) is 0 Å². The summed E-state index contributed by atoms with van der Waals surface area (Å²) in [4.78, 5) is 25.7.